The molecule has 2 aliphatic rings. The van der Waals surface area contributed by atoms with Crippen LogP contribution in [0.5, 0.6) is 0 Å². The van der Waals surface area contributed by atoms with Crippen LogP contribution in [0.25, 0.3) is 0 Å². The van der Waals surface area contributed by atoms with E-state index in [4.69, 9.17) is 4.74 Å². The van der Waals surface area contributed by atoms with Gasteiger partial charge in [-0.2, -0.15) is 0 Å². The number of hydrogen-bond donors (Lipinski definition) is 1. The van der Waals surface area contributed by atoms with Crippen molar-refractivity contribution in [1.29, 1.82) is 0 Å². The van der Waals surface area contributed by atoms with Crippen molar-refractivity contribution in [2.24, 2.45) is 0 Å². The summed E-state index contributed by atoms with van der Waals surface area (Å²) < 4.78 is 6.23. The molecule has 2 nitrogen and oxygen atoms in total. The molecule has 0 radical (unpaired) electrons. The lowest BCUT2D eigenvalue weighted by Crippen LogP contribution is -2.60. The van der Waals surface area contributed by atoms with Crippen LogP contribution in [-0.4, -0.2) is 24.3 Å². The lowest BCUT2D eigenvalue weighted by Gasteiger charge is -2.44. The van der Waals surface area contributed by atoms with E-state index in [9.17, 15) is 0 Å². The molecular formula is C17H33NO. The molecule has 1 N–H and O–H groups in total. The molecule has 112 valence electrons. The Hall–Kier alpha value is -0.0800. The Morgan fingerprint density at radius 1 is 0.947 bits per heavy atom. The number of nitrogens with one attached hydrogen (secondary N) is 1. The van der Waals surface area contributed by atoms with Gasteiger partial charge in [0.1, 0.15) is 0 Å². The third-order valence-electron chi connectivity index (χ3n) is 5.13. The fourth-order valence-corrected chi connectivity index (χ4v) is 3.51. The number of morpholine rings is 1. The number of hydrogen-bond acceptors (Lipinski definition) is 2. The normalized spacial score (nSPS) is 38.8. The maximum atomic E-state index is 6.23. The van der Waals surface area contributed by atoms with Crippen molar-refractivity contribution in [3.8, 4) is 0 Å². The summed E-state index contributed by atoms with van der Waals surface area (Å²) >= 11 is 0. The quantitative estimate of drug-likeness (QED) is 0.759. The predicted molar refractivity (Wildman–Crippen MR) is 81.5 cm³/mol. The third-order valence-corrected chi connectivity index (χ3v) is 5.13. The Kier molecular flexibility index (Phi) is 6.15. The van der Waals surface area contributed by atoms with Gasteiger partial charge in [0.25, 0.3) is 0 Å². The average molecular weight is 267 g/mol. The highest BCUT2D eigenvalue weighted by molar-refractivity contribution is 4.93. The largest absolute Gasteiger partial charge is 0.375 e. The highest BCUT2D eigenvalue weighted by Crippen LogP contribution is 2.26. The van der Waals surface area contributed by atoms with E-state index in [0.29, 0.717) is 12.1 Å². The van der Waals surface area contributed by atoms with E-state index in [0.717, 1.165) is 13.0 Å². The van der Waals surface area contributed by atoms with Gasteiger partial charge < -0.3 is 10.1 Å². The van der Waals surface area contributed by atoms with Gasteiger partial charge in [-0.05, 0) is 26.2 Å². The summed E-state index contributed by atoms with van der Waals surface area (Å²) in [5.41, 5.74) is 0.207. The first-order valence-corrected chi connectivity index (χ1v) is 8.63. The van der Waals surface area contributed by atoms with Crippen molar-refractivity contribution >= 4 is 0 Å². The zero-order chi connectivity index (χ0) is 13.6. The number of ether oxygens (including phenoxy) is 1. The van der Waals surface area contributed by atoms with Crippen LogP contribution in [0.1, 0.15) is 84.5 Å². The summed E-state index contributed by atoms with van der Waals surface area (Å²) in [6, 6.07) is 0.595. The van der Waals surface area contributed by atoms with E-state index < -0.39 is 0 Å². The molecule has 2 heteroatoms. The van der Waals surface area contributed by atoms with Crippen molar-refractivity contribution in [2.45, 2.75) is 102 Å². The molecule has 0 bridgehead atoms. The van der Waals surface area contributed by atoms with Gasteiger partial charge in [0.2, 0.25) is 0 Å². The lowest BCUT2D eigenvalue weighted by molar-refractivity contribution is -0.0652. The molecule has 2 rings (SSSR count). The molecule has 1 heterocycles. The minimum Gasteiger partial charge on any atom is -0.375 e. The van der Waals surface area contributed by atoms with Crippen LogP contribution in [0.4, 0.5) is 0 Å². The Morgan fingerprint density at radius 3 is 2.16 bits per heavy atom. The van der Waals surface area contributed by atoms with Crippen molar-refractivity contribution < 1.29 is 4.74 Å². The molecule has 19 heavy (non-hydrogen) atoms. The SMILES string of the molecule is CCC1(C)COC2CCCCCCCCCCC2N1. The van der Waals surface area contributed by atoms with E-state index in [2.05, 4.69) is 19.2 Å². The average Bonchev–Trinajstić information content (AvgIpc) is 2.41. The van der Waals surface area contributed by atoms with Gasteiger partial charge in [-0.1, -0.05) is 58.3 Å². The second kappa shape index (κ2) is 7.64. The van der Waals surface area contributed by atoms with Crippen molar-refractivity contribution in [3.05, 3.63) is 0 Å². The fraction of sp³-hybridized carbons (Fsp3) is 1.00. The number of fused-ring (bicyclic) bond motifs is 1. The molecular weight excluding hydrogens is 234 g/mol. The highest BCUT2D eigenvalue weighted by atomic mass is 16.5. The van der Waals surface area contributed by atoms with Crippen LogP contribution < -0.4 is 5.32 Å². The molecule has 1 aliphatic heterocycles. The third kappa shape index (κ3) is 4.75. The monoisotopic (exact) mass is 267 g/mol. The minimum atomic E-state index is 0.207. The zero-order valence-electron chi connectivity index (χ0n) is 13.0. The molecule has 1 saturated carbocycles. The molecule has 3 unspecified atom stereocenters. The molecule has 0 amide bonds. The smallest absolute Gasteiger partial charge is 0.0729 e. The maximum Gasteiger partial charge on any atom is 0.0729 e. The molecule has 1 saturated heterocycles. The summed E-state index contributed by atoms with van der Waals surface area (Å²) in [5.74, 6) is 0. The first-order chi connectivity index (χ1) is 9.23. The van der Waals surface area contributed by atoms with Crippen LogP contribution in [0.15, 0.2) is 0 Å². The Labute approximate surface area is 119 Å². The number of rotatable bonds is 1. The second-order valence-electron chi connectivity index (χ2n) is 6.92. The van der Waals surface area contributed by atoms with Gasteiger partial charge >= 0.3 is 0 Å². The Bertz CT molecular complexity index is 256. The summed E-state index contributed by atoms with van der Waals surface area (Å²) in [6.07, 6.45) is 15.5. The minimum absolute atomic E-state index is 0.207. The fourth-order valence-electron chi connectivity index (χ4n) is 3.51. The molecule has 2 fully saturated rings. The van der Waals surface area contributed by atoms with Crippen LogP contribution in [0.3, 0.4) is 0 Å². The lowest BCUT2D eigenvalue weighted by atomic mass is 9.89. The highest BCUT2D eigenvalue weighted by Gasteiger charge is 2.36. The predicted octanol–water partition coefficient (Wildman–Crippen LogP) is 4.43. The molecule has 0 aromatic carbocycles. The molecule has 0 aromatic rings. The van der Waals surface area contributed by atoms with E-state index in [1.165, 1.54) is 64.2 Å². The van der Waals surface area contributed by atoms with E-state index in [-0.39, 0.29) is 5.54 Å². The molecule has 0 aromatic heterocycles. The van der Waals surface area contributed by atoms with Crippen molar-refractivity contribution in [1.82, 2.24) is 5.32 Å². The molecule has 3 atom stereocenters. The van der Waals surface area contributed by atoms with Gasteiger partial charge in [0, 0.05) is 11.6 Å². The summed E-state index contributed by atoms with van der Waals surface area (Å²) in [7, 11) is 0. The summed E-state index contributed by atoms with van der Waals surface area (Å²) in [6.45, 7) is 5.48. The van der Waals surface area contributed by atoms with Crippen LogP contribution in [0.2, 0.25) is 0 Å². The van der Waals surface area contributed by atoms with E-state index >= 15 is 0 Å². The Balaban J connectivity index is 1.90. The Morgan fingerprint density at radius 2 is 1.53 bits per heavy atom. The van der Waals surface area contributed by atoms with Crippen LogP contribution in [0, 0.1) is 0 Å². The summed E-state index contributed by atoms with van der Waals surface area (Å²) in [4.78, 5) is 0. The van der Waals surface area contributed by atoms with Crippen LogP contribution in [-0.2, 0) is 4.74 Å². The van der Waals surface area contributed by atoms with E-state index in [1.54, 1.807) is 0 Å². The standard InChI is InChI=1S/C17H33NO/c1-3-17(2)14-19-16-13-11-9-7-5-4-6-8-10-12-15(16)18-17/h15-16,18H,3-14H2,1-2H3. The van der Waals surface area contributed by atoms with Gasteiger partial charge in [-0.15, -0.1) is 0 Å². The summed E-state index contributed by atoms with van der Waals surface area (Å²) in [5, 5.41) is 3.91. The van der Waals surface area contributed by atoms with Crippen LogP contribution >= 0.6 is 0 Å². The van der Waals surface area contributed by atoms with Crippen molar-refractivity contribution in [2.75, 3.05) is 6.61 Å². The van der Waals surface area contributed by atoms with Gasteiger partial charge in [0.05, 0.1) is 12.7 Å². The second-order valence-corrected chi connectivity index (χ2v) is 6.92. The van der Waals surface area contributed by atoms with Gasteiger partial charge in [-0.3, -0.25) is 0 Å². The first kappa shape index (κ1) is 15.3. The van der Waals surface area contributed by atoms with Crippen molar-refractivity contribution in [3.63, 3.8) is 0 Å². The zero-order valence-corrected chi connectivity index (χ0v) is 13.0. The van der Waals surface area contributed by atoms with E-state index in [1.807, 2.05) is 0 Å². The molecule has 0 spiro atoms. The molecule has 1 aliphatic carbocycles. The maximum absolute atomic E-state index is 6.23. The first-order valence-electron chi connectivity index (χ1n) is 8.63. The topological polar surface area (TPSA) is 21.3 Å². The van der Waals surface area contributed by atoms with Gasteiger partial charge in [0.15, 0.2) is 0 Å². The van der Waals surface area contributed by atoms with Gasteiger partial charge in [-0.25, -0.2) is 0 Å².